The molecule has 2 nitrogen and oxygen atoms in total. The molecule has 1 N–H and O–H groups in total. The number of anilines is 1. The van der Waals surface area contributed by atoms with E-state index in [-0.39, 0.29) is 5.91 Å². The van der Waals surface area contributed by atoms with Gasteiger partial charge in [0.25, 0.3) is 0 Å². The lowest BCUT2D eigenvalue weighted by molar-refractivity contribution is -0.114. The molecule has 0 radical (unpaired) electrons. The lowest BCUT2D eigenvalue weighted by Crippen LogP contribution is -2.06. The van der Waals surface area contributed by atoms with Crippen molar-refractivity contribution in [3.05, 3.63) is 34.2 Å². The summed E-state index contributed by atoms with van der Waals surface area (Å²) in [5.41, 5.74) is 4.25. The van der Waals surface area contributed by atoms with Crippen LogP contribution in [0, 0.1) is 13.8 Å². The number of carbonyl (C=O) groups is 1. The molecule has 0 aliphatic heterocycles. The van der Waals surface area contributed by atoms with Crippen LogP contribution in [0.2, 0.25) is 0 Å². The van der Waals surface area contributed by atoms with Crippen molar-refractivity contribution in [1.29, 1.82) is 0 Å². The smallest absolute Gasteiger partial charge is 0.221 e. The van der Waals surface area contributed by atoms with E-state index in [9.17, 15) is 4.79 Å². The Morgan fingerprint density at radius 3 is 2.27 bits per heavy atom. The molecule has 1 amide bonds. The van der Waals surface area contributed by atoms with Gasteiger partial charge in [-0.3, -0.25) is 4.79 Å². The third-order valence-electron chi connectivity index (χ3n) is 2.16. The monoisotopic (exact) mass is 221 g/mol. The van der Waals surface area contributed by atoms with Crippen molar-refractivity contribution in [2.24, 2.45) is 0 Å². The van der Waals surface area contributed by atoms with Gasteiger partial charge in [0.1, 0.15) is 0 Å². The second-order valence-corrected chi connectivity index (χ2v) is 3.82. The normalized spacial score (nSPS) is 10.7. The molecule has 80 valence electrons. The van der Waals surface area contributed by atoms with Crippen molar-refractivity contribution < 1.29 is 4.79 Å². The zero-order valence-electron chi connectivity index (χ0n) is 9.16. The zero-order valence-corrected chi connectivity index (χ0v) is 10.1. The van der Waals surface area contributed by atoms with Crippen LogP contribution in [-0.2, 0) is 4.79 Å². The Kier molecular flexibility index (Phi) is 3.97. The number of carbonyl (C=O) groups excluding carboxylic acids is 1. The molecule has 0 unspecified atom stereocenters. The Hall–Kier alpha value is -1.22. The van der Waals surface area contributed by atoms with Crippen molar-refractivity contribution in [2.75, 3.05) is 5.32 Å². The van der Waals surface area contributed by atoms with Gasteiger partial charge >= 0.3 is 0 Å². The predicted molar refractivity (Wildman–Crippen MR) is 68.2 cm³/mol. The van der Waals surface area contributed by atoms with Crippen LogP contribution in [0.1, 0.15) is 23.6 Å². The summed E-state index contributed by atoms with van der Waals surface area (Å²) in [4.78, 5) is 10.9. The molecule has 0 fully saturated rings. The van der Waals surface area contributed by atoms with Crippen molar-refractivity contribution in [1.82, 2.24) is 0 Å². The number of amides is 1. The van der Waals surface area contributed by atoms with Gasteiger partial charge in [0, 0.05) is 12.6 Å². The number of hydrogen-bond acceptors (Lipinski definition) is 2. The van der Waals surface area contributed by atoms with Gasteiger partial charge in [-0.2, -0.15) is 12.6 Å². The van der Waals surface area contributed by atoms with Crippen LogP contribution in [0.25, 0.3) is 6.08 Å². The summed E-state index contributed by atoms with van der Waals surface area (Å²) in [5.74, 6) is -0.0497. The molecule has 1 aromatic carbocycles. The van der Waals surface area contributed by atoms with Gasteiger partial charge in [-0.05, 0) is 54.2 Å². The van der Waals surface area contributed by atoms with Gasteiger partial charge in [0.15, 0.2) is 0 Å². The molecule has 0 aromatic heterocycles. The Balaban J connectivity index is 3.13. The van der Waals surface area contributed by atoms with Crippen LogP contribution >= 0.6 is 12.6 Å². The van der Waals surface area contributed by atoms with Crippen LogP contribution in [-0.4, -0.2) is 5.91 Å². The molecule has 0 heterocycles. The fourth-order valence-electron chi connectivity index (χ4n) is 1.59. The average molecular weight is 221 g/mol. The predicted octanol–water partition coefficient (Wildman–Crippen LogP) is 3.16. The Morgan fingerprint density at radius 1 is 1.33 bits per heavy atom. The molecule has 0 bridgehead atoms. The summed E-state index contributed by atoms with van der Waals surface area (Å²) in [6.07, 6.45) is 1.95. The Bertz CT molecular complexity index is 387. The van der Waals surface area contributed by atoms with E-state index in [1.807, 2.05) is 32.1 Å². The minimum absolute atomic E-state index is 0.0497. The topological polar surface area (TPSA) is 29.1 Å². The molecular formula is C12H15NOS. The molecule has 3 heteroatoms. The molecule has 0 spiro atoms. The standard InChI is InChI=1S/C12H15NOS/c1-8-6-11(13-10(3)14)7-9(2)12(8)4-5-15/h4-7,15H,1-3H3,(H,13,14)/b5-4+. The molecule has 0 atom stereocenters. The van der Waals surface area contributed by atoms with E-state index in [0.717, 1.165) is 22.4 Å². The summed E-state index contributed by atoms with van der Waals surface area (Å²) in [6, 6.07) is 3.91. The van der Waals surface area contributed by atoms with Crippen molar-refractivity contribution in [3.63, 3.8) is 0 Å². The first-order chi connectivity index (χ1) is 7.04. The number of rotatable bonds is 2. The van der Waals surface area contributed by atoms with E-state index in [4.69, 9.17) is 0 Å². The van der Waals surface area contributed by atoms with Gasteiger partial charge in [-0.25, -0.2) is 0 Å². The summed E-state index contributed by atoms with van der Waals surface area (Å²) in [6.45, 7) is 5.54. The fraction of sp³-hybridized carbons (Fsp3) is 0.250. The van der Waals surface area contributed by atoms with Crippen LogP contribution in [0.5, 0.6) is 0 Å². The average Bonchev–Trinajstić information content (AvgIpc) is 2.10. The number of hydrogen-bond donors (Lipinski definition) is 2. The maximum Gasteiger partial charge on any atom is 0.221 e. The molecule has 0 saturated heterocycles. The first kappa shape index (κ1) is 11.9. The molecule has 0 saturated carbocycles. The van der Waals surface area contributed by atoms with Crippen molar-refractivity contribution in [3.8, 4) is 0 Å². The quantitative estimate of drug-likeness (QED) is 0.738. The van der Waals surface area contributed by atoms with Gasteiger partial charge < -0.3 is 5.32 Å². The Morgan fingerprint density at radius 2 is 1.87 bits per heavy atom. The second kappa shape index (κ2) is 5.03. The van der Waals surface area contributed by atoms with Crippen molar-refractivity contribution >= 4 is 30.3 Å². The largest absolute Gasteiger partial charge is 0.326 e. The van der Waals surface area contributed by atoms with Gasteiger partial charge in [-0.15, -0.1) is 0 Å². The first-order valence-electron chi connectivity index (χ1n) is 4.74. The van der Waals surface area contributed by atoms with E-state index < -0.39 is 0 Å². The van der Waals surface area contributed by atoms with Gasteiger partial charge in [-0.1, -0.05) is 0 Å². The van der Waals surface area contributed by atoms with Gasteiger partial charge in [0.05, 0.1) is 0 Å². The van der Waals surface area contributed by atoms with Crippen LogP contribution in [0.3, 0.4) is 0 Å². The molecule has 1 rings (SSSR count). The Labute approximate surface area is 95.8 Å². The number of thiol groups is 1. The third-order valence-corrected chi connectivity index (χ3v) is 2.30. The summed E-state index contributed by atoms with van der Waals surface area (Å²) in [7, 11) is 0. The van der Waals surface area contributed by atoms with Gasteiger partial charge in [0.2, 0.25) is 5.91 Å². The minimum Gasteiger partial charge on any atom is -0.326 e. The number of nitrogens with one attached hydrogen (secondary N) is 1. The summed E-state index contributed by atoms with van der Waals surface area (Å²) in [5, 5.41) is 4.49. The fourth-order valence-corrected chi connectivity index (χ4v) is 1.74. The van der Waals surface area contributed by atoms with Crippen LogP contribution in [0.15, 0.2) is 17.5 Å². The molecule has 0 aliphatic rings. The van der Waals surface area contributed by atoms with Crippen LogP contribution < -0.4 is 5.32 Å². The van der Waals surface area contributed by atoms with E-state index in [1.165, 1.54) is 6.92 Å². The highest BCUT2D eigenvalue weighted by Gasteiger charge is 2.03. The van der Waals surface area contributed by atoms with E-state index in [0.29, 0.717) is 0 Å². The van der Waals surface area contributed by atoms with E-state index >= 15 is 0 Å². The second-order valence-electron chi connectivity index (χ2n) is 3.52. The minimum atomic E-state index is -0.0497. The maximum atomic E-state index is 10.9. The summed E-state index contributed by atoms with van der Waals surface area (Å²) < 4.78 is 0. The zero-order chi connectivity index (χ0) is 11.4. The lowest BCUT2D eigenvalue weighted by atomic mass is 10.0. The van der Waals surface area contributed by atoms with Crippen molar-refractivity contribution in [2.45, 2.75) is 20.8 Å². The number of benzene rings is 1. The number of aryl methyl sites for hydroxylation is 2. The maximum absolute atomic E-state index is 10.9. The SMILES string of the molecule is CC(=O)Nc1cc(C)c(/C=C/S)c(C)c1. The first-order valence-corrected chi connectivity index (χ1v) is 5.26. The molecule has 1 aromatic rings. The van der Waals surface area contributed by atoms with E-state index in [1.54, 1.807) is 5.41 Å². The molecule has 15 heavy (non-hydrogen) atoms. The highest BCUT2D eigenvalue weighted by atomic mass is 32.1. The van der Waals surface area contributed by atoms with E-state index in [2.05, 4.69) is 17.9 Å². The lowest BCUT2D eigenvalue weighted by Gasteiger charge is -2.09. The molecule has 0 aliphatic carbocycles. The van der Waals surface area contributed by atoms with Crippen LogP contribution in [0.4, 0.5) is 5.69 Å². The molecular weight excluding hydrogens is 206 g/mol. The third kappa shape index (κ3) is 3.13. The summed E-state index contributed by atoms with van der Waals surface area (Å²) >= 11 is 4.06. The highest BCUT2D eigenvalue weighted by Crippen LogP contribution is 2.21. The highest BCUT2D eigenvalue weighted by molar-refractivity contribution is 7.83.